The molecule has 0 amide bonds. The SMILES string of the molecule is CCCc1c(OCCCOc2ccc(C(=O)O)cc2C)ccc(C(C)=O)c1O. The Morgan fingerprint density at radius 3 is 2.25 bits per heavy atom. The van der Waals surface area contributed by atoms with E-state index >= 15 is 0 Å². The fourth-order valence-corrected chi connectivity index (χ4v) is 2.90. The monoisotopic (exact) mass is 386 g/mol. The molecular formula is C22H26O6. The Labute approximate surface area is 164 Å². The molecule has 0 aliphatic heterocycles. The van der Waals surface area contributed by atoms with Gasteiger partial charge in [0.1, 0.15) is 17.2 Å². The fourth-order valence-electron chi connectivity index (χ4n) is 2.90. The van der Waals surface area contributed by atoms with E-state index in [2.05, 4.69) is 0 Å². The molecular weight excluding hydrogens is 360 g/mol. The molecule has 150 valence electrons. The summed E-state index contributed by atoms with van der Waals surface area (Å²) in [5.74, 6) is 0.0628. The molecule has 0 bridgehead atoms. The summed E-state index contributed by atoms with van der Waals surface area (Å²) in [5.41, 5.74) is 1.94. The number of aromatic carboxylic acids is 1. The van der Waals surface area contributed by atoms with Gasteiger partial charge in [0, 0.05) is 12.0 Å². The second-order valence-corrected chi connectivity index (χ2v) is 6.58. The number of phenolic OH excluding ortho intramolecular Hbond substituents is 1. The van der Waals surface area contributed by atoms with Crippen LogP contribution in [0.4, 0.5) is 0 Å². The van der Waals surface area contributed by atoms with E-state index in [1.54, 1.807) is 31.2 Å². The smallest absolute Gasteiger partial charge is 0.335 e. The van der Waals surface area contributed by atoms with Crippen LogP contribution in [-0.2, 0) is 6.42 Å². The van der Waals surface area contributed by atoms with Gasteiger partial charge in [-0.15, -0.1) is 0 Å². The standard InChI is InChI=1S/C22H26O6/c1-4-6-18-20(10-8-17(15(3)23)21(18)24)28-12-5-11-27-19-9-7-16(22(25)26)13-14(19)2/h7-10,13,24H,4-6,11-12H2,1-3H3,(H,25,26). The lowest BCUT2D eigenvalue weighted by molar-refractivity contribution is 0.0696. The number of carboxylic acid groups (broad SMARTS) is 1. The van der Waals surface area contributed by atoms with E-state index in [1.807, 2.05) is 6.92 Å². The molecule has 0 radical (unpaired) electrons. The van der Waals surface area contributed by atoms with E-state index in [4.69, 9.17) is 14.6 Å². The Kier molecular flexibility index (Phi) is 7.44. The molecule has 28 heavy (non-hydrogen) atoms. The summed E-state index contributed by atoms with van der Waals surface area (Å²) in [6, 6.07) is 8.03. The number of benzene rings is 2. The normalized spacial score (nSPS) is 10.5. The number of rotatable bonds is 10. The molecule has 0 saturated heterocycles. The Balaban J connectivity index is 1.92. The lowest BCUT2D eigenvalue weighted by atomic mass is 10.0. The van der Waals surface area contributed by atoms with Gasteiger partial charge in [0.25, 0.3) is 0 Å². The number of hydrogen-bond donors (Lipinski definition) is 2. The molecule has 2 rings (SSSR count). The first kappa shape index (κ1) is 21.3. The molecule has 2 aromatic rings. The van der Waals surface area contributed by atoms with Gasteiger partial charge in [0.15, 0.2) is 5.78 Å². The van der Waals surface area contributed by atoms with E-state index < -0.39 is 5.97 Å². The zero-order valence-electron chi connectivity index (χ0n) is 16.4. The molecule has 0 spiro atoms. The molecule has 6 nitrogen and oxygen atoms in total. The Morgan fingerprint density at radius 2 is 1.68 bits per heavy atom. The molecule has 2 aromatic carbocycles. The van der Waals surface area contributed by atoms with Crippen LogP contribution in [0, 0.1) is 6.92 Å². The third-order valence-corrected chi connectivity index (χ3v) is 4.34. The first-order valence-electron chi connectivity index (χ1n) is 9.30. The number of ketones is 1. The number of carbonyl (C=O) groups excluding carboxylic acids is 1. The third kappa shape index (κ3) is 5.25. The van der Waals surface area contributed by atoms with E-state index in [9.17, 15) is 14.7 Å². The van der Waals surface area contributed by atoms with Crippen molar-refractivity contribution in [2.75, 3.05) is 13.2 Å². The van der Waals surface area contributed by atoms with E-state index in [1.165, 1.54) is 13.0 Å². The quantitative estimate of drug-likeness (QED) is 0.464. The van der Waals surface area contributed by atoms with Gasteiger partial charge in [-0.25, -0.2) is 4.79 Å². The van der Waals surface area contributed by atoms with Crippen LogP contribution >= 0.6 is 0 Å². The van der Waals surface area contributed by atoms with Gasteiger partial charge < -0.3 is 19.7 Å². The topological polar surface area (TPSA) is 93.1 Å². The minimum Gasteiger partial charge on any atom is -0.507 e. The van der Waals surface area contributed by atoms with Gasteiger partial charge in [-0.3, -0.25) is 4.79 Å². The Bertz CT molecular complexity index is 856. The van der Waals surface area contributed by atoms with Crippen LogP contribution in [0.25, 0.3) is 0 Å². The van der Waals surface area contributed by atoms with E-state index in [-0.39, 0.29) is 17.1 Å². The maximum atomic E-state index is 11.6. The van der Waals surface area contributed by atoms with E-state index in [0.717, 1.165) is 12.0 Å². The summed E-state index contributed by atoms with van der Waals surface area (Å²) in [5, 5.41) is 19.3. The predicted molar refractivity (Wildman–Crippen MR) is 106 cm³/mol. The van der Waals surface area contributed by atoms with Crippen molar-refractivity contribution in [3.05, 3.63) is 52.6 Å². The van der Waals surface area contributed by atoms with Crippen LogP contribution in [0.5, 0.6) is 17.2 Å². The fraction of sp³-hybridized carbons (Fsp3) is 0.364. The number of carboxylic acids is 1. The highest BCUT2D eigenvalue weighted by atomic mass is 16.5. The average Bonchev–Trinajstić information content (AvgIpc) is 2.64. The van der Waals surface area contributed by atoms with Crippen molar-refractivity contribution in [2.45, 2.75) is 40.0 Å². The Morgan fingerprint density at radius 1 is 1.04 bits per heavy atom. The van der Waals surface area contributed by atoms with Gasteiger partial charge >= 0.3 is 5.97 Å². The second kappa shape index (κ2) is 9.78. The molecule has 6 heteroatoms. The van der Waals surface area contributed by atoms with Crippen molar-refractivity contribution in [3.63, 3.8) is 0 Å². The van der Waals surface area contributed by atoms with Gasteiger partial charge in [-0.1, -0.05) is 13.3 Å². The minimum atomic E-state index is -0.968. The molecule has 0 atom stereocenters. The van der Waals surface area contributed by atoms with Crippen LogP contribution in [0.2, 0.25) is 0 Å². The predicted octanol–water partition coefficient (Wildman–Crippen LogP) is 4.40. The molecule has 0 heterocycles. The summed E-state index contributed by atoms with van der Waals surface area (Å²) < 4.78 is 11.5. The maximum absolute atomic E-state index is 11.6. The first-order valence-corrected chi connectivity index (χ1v) is 9.30. The summed E-state index contributed by atoms with van der Waals surface area (Å²) in [4.78, 5) is 22.6. The zero-order chi connectivity index (χ0) is 20.7. The number of Topliss-reactive ketones (excluding diaryl/α,β-unsaturated/α-hetero) is 1. The van der Waals surface area contributed by atoms with Gasteiger partial charge in [0.05, 0.1) is 24.3 Å². The number of carbonyl (C=O) groups is 2. The van der Waals surface area contributed by atoms with Crippen molar-refractivity contribution < 1.29 is 29.3 Å². The number of phenols is 1. The number of ether oxygens (including phenoxy) is 2. The van der Waals surface area contributed by atoms with Gasteiger partial charge in [-0.05, 0) is 56.2 Å². The van der Waals surface area contributed by atoms with Crippen LogP contribution in [0.15, 0.2) is 30.3 Å². The van der Waals surface area contributed by atoms with E-state index in [0.29, 0.717) is 48.7 Å². The summed E-state index contributed by atoms with van der Waals surface area (Å²) in [6.07, 6.45) is 2.05. The van der Waals surface area contributed by atoms with Crippen molar-refractivity contribution in [1.82, 2.24) is 0 Å². The molecule has 0 aromatic heterocycles. The van der Waals surface area contributed by atoms with Crippen molar-refractivity contribution in [2.24, 2.45) is 0 Å². The number of hydrogen-bond acceptors (Lipinski definition) is 5. The zero-order valence-corrected chi connectivity index (χ0v) is 16.4. The Hall–Kier alpha value is -3.02. The van der Waals surface area contributed by atoms with Crippen LogP contribution < -0.4 is 9.47 Å². The average molecular weight is 386 g/mol. The molecule has 0 aliphatic rings. The molecule has 2 N–H and O–H groups in total. The molecule has 0 aliphatic carbocycles. The van der Waals surface area contributed by atoms with Crippen molar-refractivity contribution >= 4 is 11.8 Å². The van der Waals surface area contributed by atoms with Crippen LogP contribution in [-0.4, -0.2) is 35.2 Å². The highest BCUT2D eigenvalue weighted by molar-refractivity contribution is 5.97. The summed E-state index contributed by atoms with van der Waals surface area (Å²) in [6.45, 7) is 6.02. The maximum Gasteiger partial charge on any atom is 0.335 e. The van der Waals surface area contributed by atoms with Crippen LogP contribution in [0.3, 0.4) is 0 Å². The third-order valence-electron chi connectivity index (χ3n) is 4.34. The summed E-state index contributed by atoms with van der Waals surface area (Å²) >= 11 is 0. The van der Waals surface area contributed by atoms with Gasteiger partial charge in [-0.2, -0.15) is 0 Å². The van der Waals surface area contributed by atoms with Crippen molar-refractivity contribution in [1.29, 1.82) is 0 Å². The number of aryl methyl sites for hydroxylation is 1. The number of aromatic hydroxyl groups is 1. The van der Waals surface area contributed by atoms with Gasteiger partial charge in [0.2, 0.25) is 0 Å². The lowest BCUT2D eigenvalue weighted by Crippen LogP contribution is -2.08. The lowest BCUT2D eigenvalue weighted by Gasteiger charge is -2.15. The molecule has 0 saturated carbocycles. The first-order chi connectivity index (χ1) is 13.3. The summed E-state index contributed by atoms with van der Waals surface area (Å²) in [7, 11) is 0. The molecule has 0 unspecified atom stereocenters. The minimum absolute atomic E-state index is 0.00255. The van der Waals surface area contributed by atoms with Crippen LogP contribution in [0.1, 0.15) is 58.5 Å². The highest BCUT2D eigenvalue weighted by Gasteiger charge is 2.15. The van der Waals surface area contributed by atoms with Crippen molar-refractivity contribution in [3.8, 4) is 17.2 Å². The highest BCUT2D eigenvalue weighted by Crippen LogP contribution is 2.33. The second-order valence-electron chi connectivity index (χ2n) is 6.58. The molecule has 0 fully saturated rings. The largest absolute Gasteiger partial charge is 0.507 e.